The van der Waals surface area contributed by atoms with E-state index in [1.807, 2.05) is 0 Å². The van der Waals surface area contributed by atoms with Crippen LogP contribution in [-0.2, 0) is 4.43 Å². The second kappa shape index (κ2) is 8.94. The molecule has 2 aromatic carbocycles. The van der Waals surface area contributed by atoms with E-state index < -0.39 is 17.1 Å². The minimum Gasteiger partial charge on any atom is -0.401 e. The maximum absolute atomic E-state index is 6.86. The number of hydrogen-bond acceptors (Lipinski definition) is 1. The Bertz CT molecular complexity index is 771. The molecule has 0 N–H and O–H groups in total. The Labute approximate surface area is 175 Å². The fraction of sp³-hybridized carbons (Fsp3) is 0.440. The molecule has 0 amide bonds. The Balaban J connectivity index is 2.59. The van der Waals surface area contributed by atoms with Gasteiger partial charge in [-0.05, 0) is 81.1 Å². The minimum absolute atomic E-state index is 0.112. The van der Waals surface area contributed by atoms with Crippen LogP contribution in [0.25, 0.3) is 0 Å². The molecule has 0 fully saturated rings. The topological polar surface area (TPSA) is 9.23 Å². The van der Waals surface area contributed by atoms with Gasteiger partial charge in [0.05, 0.1) is 14.2 Å². The second-order valence-corrected chi connectivity index (χ2v) is 16.4. The third-order valence-corrected chi connectivity index (χ3v) is 9.26. The first-order chi connectivity index (χ1) is 12.9. The molecule has 151 valence electrons. The molecule has 1 radical (unpaired) electrons. The molecule has 1 atom stereocenters. The Morgan fingerprint density at radius 2 is 1.11 bits per heavy atom. The zero-order chi connectivity index (χ0) is 21.2. The molecule has 0 saturated heterocycles. The molecule has 28 heavy (non-hydrogen) atoms. The summed E-state index contributed by atoms with van der Waals surface area (Å²) in [5.41, 5.74) is 10.5. The highest BCUT2D eigenvalue weighted by Crippen LogP contribution is 2.15. The van der Waals surface area contributed by atoms with Crippen LogP contribution in [0.4, 0.5) is 0 Å². The molecule has 0 heterocycles. The van der Waals surface area contributed by atoms with Crippen LogP contribution in [0.3, 0.4) is 0 Å². The minimum atomic E-state index is -1.35. The molecule has 0 aliphatic carbocycles. The quantitative estimate of drug-likeness (QED) is 0.574. The lowest BCUT2D eigenvalue weighted by molar-refractivity contribution is 0.282. The Morgan fingerprint density at radius 1 is 0.750 bits per heavy atom. The summed E-state index contributed by atoms with van der Waals surface area (Å²) in [7, 11) is -2.59. The molecule has 1 unspecified atom stereocenters. The molecule has 0 aliphatic heterocycles. The molecule has 0 aromatic heterocycles. The first-order valence-corrected chi connectivity index (χ1v) is 15.3. The highest BCUT2D eigenvalue weighted by Gasteiger charge is 2.28. The van der Waals surface area contributed by atoms with Gasteiger partial charge in [0, 0.05) is 0 Å². The van der Waals surface area contributed by atoms with E-state index in [1.165, 1.54) is 43.8 Å². The van der Waals surface area contributed by atoms with Crippen molar-refractivity contribution in [3.63, 3.8) is 0 Å². The number of rotatable bonds is 6. The second-order valence-electron chi connectivity index (χ2n) is 9.42. The van der Waals surface area contributed by atoms with Crippen molar-refractivity contribution in [3.8, 4) is 0 Å². The predicted octanol–water partition coefficient (Wildman–Crippen LogP) is 5.48. The lowest BCUT2D eigenvalue weighted by atomic mass is 10.1. The molecule has 3 heteroatoms. The maximum atomic E-state index is 6.86. The molecule has 0 saturated carbocycles. The van der Waals surface area contributed by atoms with Crippen LogP contribution < -0.4 is 10.4 Å². The first-order valence-electron chi connectivity index (χ1n) is 10.3. The van der Waals surface area contributed by atoms with Gasteiger partial charge in [-0.2, -0.15) is 0 Å². The third kappa shape index (κ3) is 5.79. The van der Waals surface area contributed by atoms with Crippen LogP contribution in [-0.4, -0.2) is 23.2 Å². The molecule has 0 bridgehead atoms. The Hall–Kier alpha value is -1.43. The van der Waals surface area contributed by atoms with E-state index >= 15 is 0 Å². The van der Waals surface area contributed by atoms with Crippen molar-refractivity contribution in [2.75, 3.05) is 0 Å². The zero-order valence-corrected chi connectivity index (χ0v) is 21.4. The fourth-order valence-corrected chi connectivity index (χ4v) is 7.47. The lowest BCUT2D eigenvalue weighted by Crippen LogP contribution is -2.51. The largest absolute Gasteiger partial charge is 0.401 e. The van der Waals surface area contributed by atoms with Crippen molar-refractivity contribution < 1.29 is 4.43 Å². The summed E-state index contributed by atoms with van der Waals surface area (Å²) in [6.45, 7) is 22.6. The van der Waals surface area contributed by atoms with Crippen LogP contribution >= 0.6 is 0 Å². The number of benzene rings is 2. The SMILES string of the molecule is Cc1cc(C)c([Si](OC(C)/C=C/[Si](C)(C)C)c2c(C)cc(C)cc2C)c(C)c1. The van der Waals surface area contributed by atoms with Crippen LogP contribution in [0, 0.1) is 41.5 Å². The van der Waals surface area contributed by atoms with Gasteiger partial charge in [0.2, 0.25) is 0 Å². The highest BCUT2D eigenvalue weighted by molar-refractivity contribution is 6.82. The maximum Gasteiger partial charge on any atom is 0.284 e. The van der Waals surface area contributed by atoms with Gasteiger partial charge in [0.1, 0.15) is 0 Å². The Kier molecular flexibility index (Phi) is 7.29. The number of hydrogen-bond donors (Lipinski definition) is 0. The molecule has 0 spiro atoms. The lowest BCUT2D eigenvalue weighted by Gasteiger charge is -2.26. The van der Waals surface area contributed by atoms with Crippen LogP contribution in [0.5, 0.6) is 0 Å². The standard InChI is InChI=1S/C25H37OSi2/c1-17-13-19(3)24(20(4)14-17)27(26-23(7)11-12-28(8,9)10)25-21(5)15-18(2)16-22(25)6/h11-16,23H,1-10H3/b12-11+. The molecule has 1 nitrogen and oxygen atoms in total. The van der Waals surface area contributed by atoms with Crippen molar-refractivity contribution in [3.05, 3.63) is 69.4 Å². The van der Waals surface area contributed by atoms with Crippen LogP contribution in [0.15, 0.2) is 36.0 Å². The predicted molar refractivity (Wildman–Crippen MR) is 129 cm³/mol. The van der Waals surface area contributed by atoms with E-state index in [0.29, 0.717) is 0 Å². The van der Waals surface area contributed by atoms with E-state index in [2.05, 4.69) is 104 Å². The van der Waals surface area contributed by atoms with E-state index in [4.69, 9.17) is 4.43 Å². The molecule has 2 rings (SSSR count). The van der Waals surface area contributed by atoms with Crippen LogP contribution in [0.1, 0.15) is 40.3 Å². The summed E-state index contributed by atoms with van der Waals surface area (Å²) >= 11 is 0. The van der Waals surface area contributed by atoms with E-state index in [0.717, 1.165) is 0 Å². The summed E-state index contributed by atoms with van der Waals surface area (Å²) in [4.78, 5) is 0. The molecular weight excluding hydrogens is 372 g/mol. The van der Waals surface area contributed by atoms with Crippen molar-refractivity contribution in [2.45, 2.75) is 74.2 Å². The van der Waals surface area contributed by atoms with Gasteiger partial charge in [-0.15, -0.1) is 0 Å². The van der Waals surface area contributed by atoms with Crippen molar-refractivity contribution in [1.29, 1.82) is 0 Å². The monoisotopic (exact) mass is 409 g/mol. The average Bonchev–Trinajstić information content (AvgIpc) is 2.50. The van der Waals surface area contributed by atoms with E-state index in [-0.39, 0.29) is 6.10 Å². The summed E-state index contributed by atoms with van der Waals surface area (Å²) in [5.74, 6) is 0. The summed E-state index contributed by atoms with van der Waals surface area (Å²) < 4.78 is 6.86. The van der Waals surface area contributed by atoms with Crippen molar-refractivity contribution >= 4 is 27.5 Å². The van der Waals surface area contributed by atoms with Gasteiger partial charge in [-0.1, -0.05) is 66.8 Å². The van der Waals surface area contributed by atoms with Crippen molar-refractivity contribution in [2.24, 2.45) is 0 Å². The van der Waals surface area contributed by atoms with Gasteiger partial charge >= 0.3 is 0 Å². The highest BCUT2D eigenvalue weighted by atomic mass is 28.3. The number of aryl methyl sites for hydroxylation is 6. The summed E-state index contributed by atoms with van der Waals surface area (Å²) in [6.07, 6.45) is 2.40. The fourth-order valence-electron chi connectivity index (χ4n) is 3.97. The zero-order valence-electron chi connectivity index (χ0n) is 19.4. The van der Waals surface area contributed by atoms with Gasteiger partial charge in [0.25, 0.3) is 9.04 Å². The van der Waals surface area contributed by atoms with Crippen molar-refractivity contribution in [1.82, 2.24) is 0 Å². The van der Waals surface area contributed by atoms with Gasteiger partial charge in [0.15, 0.2) is 0 Å². The molecule has 0 aliphatic rings. The van der Waals surface area contributed by atoms with Gasteiger partial charge in [-0.25, -0.2) is 0 Å². The van der Waals surface area contributed by atoms with Gasteiger partial charge in [-0.3, -0.25) is 0 Å². The smallest absolute Gasteiger partial charge is 0.284 e. The first kappa shape index (κ1) is 22.9. The van der Waals surface area contributed by atoms with Crippen LogP contribution in [0.2, 0.25) is 19.6 Å². The third-order valence-electron chi connectivity index (χ3n) is 4.98. The average molecular weight is 410 g/mol. The van der Waals surface area contributed by atoms with Gasteiger partial charge < -0.3 is 4.43 Å². The Morgan fingerprint density at radius 3 is 1.43 bits per heavy atom. The van der Waals surface area contributed by atoms with E-state index in [1.54, 1.807) is 0 Å². The molecule has 2 aromatic rings. The molecular formula is C25H37OSi2. The van der Waals surface area contributed by atoms with E-state index in [9.17, 15) is 0 Å². The summed E-state index contributed by atoms with van der Waals surface area (Å²) in [6, 6.07) is 9.21. The summed E-state index contributed by atoms with van der Waals surface area (Å²) in [5, 5.41) is 2.83. The normalized spacial score (nSPS) is 13.5.